The van der Waals surface area contributed by atoms with Gasteiger partial charge < -0.3 is 15.0 Å². The monoisotopic (exact) mass is 379 g/mol. The molecular formula is C23H29N3O2. The molecule has 2 fully saturated rings. The maximum absolute atomic E-state index is 12.5. The van der Waals surface area contributed by atoms with Crippen LogP contribution in [0.3, 0.4) is 0 Å². The van der Waals surface area contributed by atoms with Crippen LogP contribution >= 0.6 is 0 Å². The molecule has 0 radical (unpaired) electrons. The number of ether oxygens (including phenoxy) is 1. The Morgan fingerprint density at radius 1 is 0.964 bits per heavy atom. The number of carbonyl (C=O) groups is 1. The predicted octanol–water partition coefficient (Wildman–Crippen LogP) is 2.67. The molecule has 2 heterocycles. The van der Waals surface area contributed by atoms with E-state index < -0.39 is 0 Å². The van der Waals surface area contributed by atoms with Crippen LogP contribution in [-0.2, 0) is 16.1 Å². The maximum Gasteiger partial charge on any atom is 0.320 e. The molecule has 0 saturated carbocycles. The Kier molecular flexibility index (Phi) is 5.93. The van der Waals surface area contributed by atoms with Gasteiger partial charge in [0.05, 0.1) is 6.54 Å². The molecule has 5 heteroatoms. The minimum absolute atomic E-state index is 0.0509. The van der Waals surface area contributed by atoms with Crippen molar-refractivity contribution in [3.63, 3.8) is 0 Å². The lowest BCUT2D eigenvalue weighted by atomic mass is 9.83. The highest BCUT2D eigenvalue weighted by Crippen LogP contribution is 2.32. The smallest absolute Gasteiger partial charge is 0.320 e. The van der Waals surface area contributed by atoms with E-state index in [1.807, 2.05) is 30.3 Å². The lowest BCUT2D eigenvalue weighted by Crippen LogP contribution is -2.65. The molecule has 0 bridgehead atoms. The molecule has 2 aromatic carbocycles. The van der Waals surface area contributed by atoms with Gasteiger partial charge in [-0.25, -0.2) is 0 Å². The van der Waals surface area contributed by atoms with Crippen molar-refractivity contribution < 1.29 is 9.53 Å². The number of piperazine rings is 1. The van der Waals surface area contributed by atoms with Crippen molar-refractivity contribution in [1.82, 2.24) is 10.2 Å². The summed E-state index contributed by atoms with van der Waals surface area (Å²) in [4.78, 5) is 17.3. The molecule has 0 aliphatic carbocycles. The third-order valence-electron chi connectivity index (χ3n) is 6.06. The third kappa shape index (κ3) is 4.37. The van der Waals surface area contributed by atoms with E-state index in [9.17, 15) is 4.79 Å². The Hall–Kier alpha value is -2.37. The summed E-state index contributed by atoms with van der Waals surface area (Å²) in [5, 5.41) is 3.55. The van der Waals surface area contributed by atoms with Crippen LogP contribution in [0.1, 0.15) is 18.4 Å². The van der Waals surface area contributed by atoms with Crippen LogP contribution < -0.4 is 10.2 Å². The number of rotatable bonds is 5. The molecule has 4 rings (SSSR count). The Morgan fingerprint density at radius 3 is 2.36 bits per heavy atom. The molecule has 2 aliphatic heterocycles. The first-order valence-electron chi connectivity index (χ1n) is 10.2. The van der Waals surface area contributed by atoms with E-state index in [4.69, 9.17) is 4.74 Å². The molecule has 2 aromatic rings. The first kappa shape index (κ1) is 19.0. The van der Waals surface area contributed by atoms with Gasteiger partial charge in [0.15, 0.2) is 0 Å². The van der Waals surface area contributed by atoms with E-state index in [0.29, 0.717) is 13.2 Å². The summed E-state index contributed by atoms with van der Waals surface area (Å²) in [6.45, 7) is 5.52. The Labute approximate surface area is 167 Å². The highest BCUT2D eigenvalue weighted by atomic mass is 16.5. The van der Waals surface area contributed by atoms with Crippen molar-refractivity contribution in [2.75, 3.05) is 44.2 Å². The normalized spacial score (nSPS) is 19.5. The number of nitrogens with zero attached hydrogens (tertiary/aromatic N) is 2. The molecule has 2 saturated heterocycles. The van der Waals surface area contributed by atoms with Crippen molar-refractivity contribution in [2.24, 2.45) is 0 Å². The molecule has 0 atom stereocenters. The summed E-state index contributed by atoms with van der Waals surface area (Å²) < 4.78 is 5.54. The number of anilines is 1. The minimum atomic E-state index is -0.129. The molecule has 1 spiro atoms. The van der Waals surface area contributed by atoms with E-state index in [0.717, 1.165) is 51.1 Å². The molecular weight excluding hydrogens is 350 g/mol. The number of hydrogen-bond acceptors (Lipinski definition) is 5. The van der Waals surface area contributed by atoms with E-state index >= 15 is 0 Å². The van der Waals surface area contributed by atoms with E-state index in [1.165, 1.54) is 5.69 Å². The van der Waals surface area contributed by atoms with Crippen LogP contribution in [0.2, 0.25) is 0 Å². The molecule has 0 amide bonds. The number of hydrogen-bond donors (Lipinski definition) is 1. The SMILES string of the molecule is O=C(CN1CCNCC12CCN(c1ccccc1)CC2)OCc1ccccc1. The van der Waals surface area contributed by atoms with Crippen LogP contribution in [0.15, 0.2) is 60.7 Å². The van der Waals surface area contributed by atoms with Crippen molar-refractivity contribution in [3.05, 3.63) is 66.2 Å². The van der Waals surface area contributed by atoms with Crippen LogP contribution in [0.4, 0.5) is 5.69 Å². The highest BCUT2D eigenvalue weighted by Gasteiger charge is 2.42. The molecule has 0 unspecified atom stereocenters. The van der Waals surface area contributed by atoms with E-state index in [2.05, 4.69) is 45.4 Å². The lowest BCUT2D eigenvalue weighted by molar-refractivity contribution is -0.149. The molecule has 1 N–H and O–H groups in total. The Balaban J connectivity index is 1.35. The van der Waals surface area contributed by atoms with E-state index in [-0.39, 0.29) is 11.5 Å². The van der Waals surface area contributed by atoms with Gasteiger partial charge >= 0.3 is 5.97 Å². The van der Waals surface area contributed by atoms with Gasteiger partial charge in [-0.3, -0.25) is 9.69 Å². The topological polar surface area (TPSA) is 44.8 Å². The summed E-state index contributed by atoms with van der Waals surface area (Å²) in [5.74, 6) is -0.129. The average Bonchev–Trinajstić information content (AvgIpc) is 2.76. The molecule has 2 aliphatic rings. The fourth-order valence-corrected chi connectivity index (χ4v) is 4.38. The number of piperidine rings is 1. The fraction of sp³-hybridized carbons (Fsp3) is 0.435. The van der Waals surface area contributed by atoms with Gasteiger partial charge in [-0.15, -0.1) is 0 Å². The van der Waals surface area contributed by atoms with Gasteiger partial charge in [0.1, 0.15) is 6.61 Å². The third-order valence-corrected chi connectivity index (χ3v) is 6.06. The second-order valence-electron chi connectivity index (χ2n) is 7.79. The van der Waals surface area contributed by atoms with Crippen molar-refractivity contribution in [3.8, 4) is 0 Å². The molecule has 5 nitrogen and oxygen atoms in total. The average molecular weight is 380 g/mol. The Bertz CT molecular complexity index is 758. The second kappa shape index (κ2) is 8.76. The van der Waals surface area contributed by atoms with E-state index in [1.54, 1.807) is 0 Å². The number of nitrogens with one attached hydrogen (secondary N) is 1. The first-order chi connectivity index (χ1) is 13.8. The van der Waals surface area contributed by atoms with Crippen LogP contribution in [0, 0.1) is 0 Å². The zero-order chi connectivity index (χ0) is 19.2. The summed E-state index contributed by atoms with van der Waals surface area (Å²) in [6.07, 6.45) is 2.11. The zero-order valence-electron chi connectivity index (χ0n) is 16.3. The van der Waals surface area contributed by atoms with Crippen LogP contribution in [-0.4, -0.2) is 55.7 Å². The van der Waals surface area contributed by atoms with Gasteiger partial charge in [0.25, 0.3) is 0 Å². The summed E-state index contributed by atoms with van der Waals surface area (Å²) in [7, 11) is 0. The quantitative estimate of drug-likeness (QED) is 0.810. The number of esters is 1. The zero-order valence-corrected chi connectivity index (χ0v) is 16.3. The van der Waals surface area contributed by atoms with Crippen molar-refractivity contribution in [1.29, 1.82) is 0 Å². The molecule has 28 heavy (non-hydrogen) atoms. The summed E-state index contributed by atoms with van der Waals surface area (Å²) in [5.41, 5.74) is 2.37. The molecule has 148 valence electrons. The summed E-state index contributed by atoms with van der Waals surface area (Å²) in [6, 6.07) is 20.5. The Morgan fingerprint density at radius 2 is 1.64 bits per heavy atom. The first-order valence-corrected chi connectivity index (χ1v) is 10.2. The van der Waals surface area contributed by atoms with Crippen LogP contribution in [0.25, 0.3) is 0 Å². The van der Waals surface area contributed by atoms with Crippen molar-refractivity contribution in [2.45, 2.75) is 25.0 Å². The van der Waals surface area contributed by atoms with Gasteiger partial charge in [-0.1, -0.05) is 48.5 Å². The van der Waals surface area contributed by atoms with Gasteiger partial charge in [-0.2, -0.15) is 0 Å². The second-order valence-corrected chi connectivity index (χ2v) is 7.79. The standard InChI is InChI=1S/C23H29N3O2/c27-22(28-18-20-7-3-1-4-8-20)17-26-16-13-24-19-23(26)11-14-25(15-12-23)21-9-5-2-6-10-21/h1-10,24H,11-19H2. The lowest BCUT2D eigenvalue weighted by Gasteiger charge is -2.51. The maximum atomic E-state index is 12.5. The van der Waals surface area contributed by atoms with Crippen molar-refractivity contribution >= 4 is 11.7 Å². The van der Waals surface area contributed by atoms with Gasteiger partial charge in [-0.05, 0) is 30.5 Å². The largest absolute Gasteiger partial charge is 0.460 e. The highest BCUT2D eigenvalue weighted by molar-refractivity contribution is 5.71. The number of benzene rings is 2. The van der Waals surface area contributed by atoms with Gasteiger partial charge in [0, 0.05) is 44.0 Å². The minimum Gasteiger partial charge on any atom is -0.460 e. The summed E-state index contributed by atoms with van der Waals surface area (Å²) >= 11 is 0. The molecule has 0 aromatic heterocycles. The number of carbonyl (C=O) groups excluding carboxylic acids is 1. The van der Waals surface area contributed by atoms with Gasteiger partial charge in [0.2, 0.25) is 0 Å². The predicted molar refractivity (Wildman–Crippen MR) is 111 cm³/mol. The van der Waals surface area contributed by atoms with Crippen LogP contribution in [0.5, 0.6) is 0 Å². The number of para-hydroxylation sites is 1. The fourth-order valence-electron chi connectivity index (χ4n) is 4.38.